The molecule has 0 aromatic carbocycles. The van der Waals surface area contributed by atoms with E-state index in [1.807, 2.05) is 0 Å². The van der Waals surface area contributed by atoms with Crippen LogP contribution in [0.15, 0.2) is 11.6 Å². The van der Waals surface area contributed by atoms with E-state index in [-0.39, 0.29) is 5.79 Å². The molecule has 4 aliphatic carbocycles. The molecule has 2 saturated heterocycles. The van der Waals surface area contributed by atoms with Gasteiger partial charge in [-0.15, -0.1) is 0 Å². The molecule has 11 atom stereocenters. The predicted molar refractivity (Wildman–Crippen MR) is 166 cm³/mol. The van der Waals surface area contributed by atoms with Crippen molar-refractivity contribution in [3.8, 4) is 0 Å². The summed E-state index contributed by atoms with van der Waals surface area (Å²) in [6, 6.07) is 0. The van der Waals surface area contributed by atoms with Crippen molar-refractivity contribution < 1.29 is 33.2 Å². The van der Waals surface area contributed by atoms with Gasteiger partial charge < -0.3 is 33.2 Å². The van der Waals surface area contributed by atoms with Gasteiger partial charge in [0.05, 0.1) is 71.7 Å². The summed E-state index contributed by atoms with van der Waals surface area (Å²) in [5, 5.41) is 0. The van der Waals surface area contributed by atoms with Crippen LogP contribution in [0.5, 0.6) is 0 Å². The van der Waals surface area contributed by atoms with Crippen LogP contribution in [0.1, 0.15) is 85.5 Å². The van der Waals surface area contributed by atoms with Gasteiger partial charge >= 0.3 is 0 Å². The molecule has 7 nitrogen and oxygen atoms in total. The minimum atomic E-state index is -0.311. The standard InChI is InChI=1S/C36H60O7/c1-25-8-13-36(42-24-25)26(2)33-32(43-36)23-31-29-7-6-27-22-28(9-11-34(27,3)30(29)10-12-35(31,33)4)41-21-20-40-19-18-39-17-16-38-15-14-37-5/h6,25-26,28-33H,7-24H2,1-5H3/t25-,26+,28+,29-,30+,31+,32+,33+,34+,35+,36-/m1/s1. The van der Waals surface area contributed by atoms with Crippen molar-refractivity contribution in [2.45, 2.75) is 103 Å². The maximum absolute atomic E-state index is 6.97. The molecule has 3 saturated carbocycles. The molecule has 1 spiro atoms. The maximum Gasteiger partial charge on any atom is 0.171 e. The van der Waals surface area contributed by atoms with E-state index in [9.17, 15) is 0 Å². The lowest BCUT2D eigenvalue weighted by molar-refractivity contribution is -0.272. The van der Waals surface area contributed by atoms with Gasteiger partial charge in [-0.25, -0.2) is 0 Å². The second-order valence-electron chi connectivity index (χ2n) is 15.3. The predicted octanol–water partition coefficient (Wildman–Crippen LogP) is 6.43. The van der Waals surface area contributed by atoms with E-state index in [1.54, 1.807) is 12.7 Å². The molecule has 43 heavy (non-hydrogen) atoms. The van der Waals surface area contributed by atoms with Crippen LogP contribution in [0.25, 0.3) is 0 Å². The molecule has 7 heteroatoms. The Labute approximate surface area is 261 Å². The van der Waals surface area contributed by atoms with Gasteiger partial charge in [0.25, 0.3) is 0 Å². The van der Waals surface area contributed by atoms with Crippen molar-refractivity contribution in [1.82, 2.24) is 0 Å². The van der Waals surface area contributed by atoms with Gasteiger partial charge in [0, 0.05) is 19.4 Å². The Balaban J connectivity index is 0.961. The molecule has 2 heterocycles. The quantitative estimate of drug-likeness (QED) is 0.177. The molecular formula is C36H60O7. The van der Waals surface area contributed by atoms with Gasteiger partial charge in [0.1, 0.15) is 0 Å². The van der Waals surface area contributed by atoms with Crippen LogP contribution in [-0.2, 0) is 33.2 Å². The molecule has 6 rings (SSSR count). The topological polar surface area (TPSA) is 64.6 Å². The first-order valence-corrected chi connectivity index (χ1v) is 17.7. The smallest absolute Gasteiger partial charge is 0.171 e. The van der Waals surface area contributed by atoms with Gasteiger partial charge in [-0.1, -0.05) is 39.3 Å². The number of allylic oxidation sites excluding steroid dienone is 1. The van der Waals surface area contributed by atoms with E-state index < -0.39 is 0 Å². The third-order valence-electron chi connectivity index (χ3n) is 13.1. The third-order valence-corrected chi connectivity index (χ3v) is 13.1. The first-order chi connectivity index (χ1) is 20.8. The van der Waals surface area contributed by atoms with E-state index in [2.05, 4.69) is 33.8 Å². The Morgan fingerprint density at radius 1 is 0.837 bits per heavy atom. The molecule has 0 radical (unpaired) electrons. The molecule has 246 valence electrons. The Kier molecular flexibility index (Phi) is 10.3. The number of ether oxygens (including phenoxy) is 7. The summed E-state index contributed by atoms with van der Waals surface area (Å²) in [7, 11) is 1.68. The van der Waals surface area contributed by atoms with Crippen LogP contribution >= 0.6 is 0 Å². The summed E-state index contributed by atoms with van der Waals surface area (Å²) in [4.78, 5) is 0. The summed E-state index contributed by atoms with van der Waals surface area (Å²) >= 11 is 0. The summed E-state index contributed by atoms with van der Waals surface area (Å²) in [5.41, 5.74) is 2.40. The van der Waals surface area contributed by atoms with E-state index in [0.717, 1.165) is 43.6 Å². The summed E-state index contributed by atoms with van der Waals surface area (Å²) in [6.45, 7) is 15.8. The zero-order valence-corrected chi connectivity index (χ0v) is 27.8. The van der Waals surface area contributed by atoms with Crippen molar-refractivity contribution in [3.63, 3.8) is 0 Å². The Morgan fingerprint density at radius 2 is 1.56 bits per heavy atom. The second-order valence-corrected chi connectivity index (χ2v) is 15.3. The molecule has 0 bridgehead atoms. The number of rotatable bonds is 13. The van der Waals surface area contributed by atoms with Gasteiger partial charge in [-0.2, -0.15) is 0 Å². The van der Waals surface area contributed by atoms with Crippen molar-refractivity contribution in [3.05, 3.63) is 11.6 Å². The van der Waals surface area contributed by atoms with E-state index in [1.165, 1.54) is 38.5 Å². The molecular weight excluding hydrogens is 544 g/mol. The number of hydrogen-bond donors (Lipinski definition) is 0. The fourth-order valence-electron chi connectivity index (χ4n) is 10.7. The van der Waals surface area contributed by atoms with Gasteiger partial charge in [-0.3, -0.25) is 0 Å². The zero-order chi connectivity index (χ0) is 30.1. The second kappa shape index (κ2) is 13.7. The van der Waals surface area contributed by atoms with Crippen LogP contribution in [0.2, 0.25) is 0 Å². The third kappa shape index (κ3) is 6.27. The minimum absolute atomic E-state index is 0.311. The minimum Gasteiger partial charge on any atom is -0.382 e. The zero-order valence-electron chi connectivity index (χ0n) is 27.8. The van der Waals surface area contributed by atoms with Crippen molar-refractivity contribution >= 4 is 0 Å². The maximum atomic E-state index is 6.97. The summed E-state index contributed by atoms with van der Waals surface area (Å²) in [6.07, 6.45) is 14.4. The molecule has 0 aromatic rings. The number of hydrogen-bond acceptors (Lipinski definition) is 7. The average Bonchev–Trinajstić information content (AvgIpc) is 3.44. The number of methoxy groups -OCH3 is 1. The lowest BCUT2D eigenvalue weighted by Gasteiger charge is -2.58. The fraction of sp³-hybridized carbons (Fsp3) is 0.944. The van der Waals surface area contributed by atoms with Crippen LogP contribution in [0.4, 0.5) is 0 Å². The highest BCUT2D eigenvalue weighted by Gasteiger charge is 2.68. The highest BCUT2D eigenvalue weighted by atomic mass is 16.7. The van der Waals surface area contributed by atoms with Crippen LogP contribution < -0.4 is 0 Å². The molecule has 0 unspecified atom stereocenters. The average molecular weight is 605 g/mol. The monoisotopic (exact) mass is 604 g/mol. The Morgan fingerprint density at radius 3 is 2.26 bits per heavy atom. The van der Waals surface area contributed by atoms with Crippen molar-refractivity contribution in [2.75, 3.05) is 66.6 Å². The van der Waals surface area contributed by atoms with Crippen LogP contribution in [0, 0.1) is 46.3 Å². The first-order valence-electron chi connectivity index (χ1n) is 17.7. The number of fused-ring (bicyclic) bond motifs is 7. The molecule has 0 N–H and O–H groups in total. The molecule has 0 aromatic heterocycles. The normalized spacial score (nSPS) is 45.4. The van der Waals surface area contributed by atoms with Gasteiger partial charge in [-0.05, 0) is 91.8 Å². The SMILES string of the molecule is COCCOCCOCCOCCO[C@H]1CC[C@@]2(C)C(=CC[C@H]3[C@@H]4C[C@@H]5O[C@]6(CC[C@@H](C)CO6)[C@@H](C)[C@@H]5[C@@]4(C)CC[C@@H]32)C1. The van der Waals surface area contributed by atoms with Crippen LogP contribution in [-0.4, -0.2) is 84.6 Å². The fourth-order valence-corrected chi connectivity index (χ4v) is 10.7. The summed E-state index contributed by atoms with van der Waals surface area (Å²) < 4.78 is 41.5. The highest BCUT2D eigenvalue weighted by molar-refractivity contribution is 5.26. The summed E-state index contributed by atoms with van der Waals surface area (Å²) in [5.74, 6) is 3.86. The van der Waals surface area contributed by atoms with E-state index >= 15 is 0 Å². The molecule has 5 fully saturated rings. The lowest BCUT2D eigenvalue weighted by atomic mass is 9.47. The van der Waals surface area contributed by atoms with Crippen LogP contribution in [0.3, 0.4) is 0 Å². The molecule has 2 aliphatic heterocycles. The Hall–Kier alpha value is -0.540. The molecule has 6 aliphatic rings. The first kappa shape index (κ1) is 32.4. The largest absolute Gasteiger partial charge is 0.382 e. The lowest BCUT2D eigenvalue weighted by Crippen LogP contribution is -2.52. The highest BCUT2D eigenvalue weighted by Crippen LogP contribution is 2.70. The Bertz CT molecular complexity index is 946. The van der Waals surface area contributed by atoms with Gasteiger partial charge in [0.15, 0.2) is 5.79 Å². The van der Waals surface area contributed by atoms with E-state index in [0.29, 0.717) is 93.6 Å². The molecule has 0 amide bonds. The van der Waals surface area contributed by atoms with Crippen molar-refractivity contribution in [1.29, 1.82) is 0 Å². The van der Waals surface area contributed by atoms with Gasteiger partial charge in [0.2, 0.25) is 0 Å². The van der Waals surface area contributed by atoms with Crippen molar-refractivity contribution in [2.24, 2.45) is 46.3 Å². The van der Waals surface area contributed by atoms with E-state index in [4.69, 9.17) is 33.2 Å².